The number of carbonyl (C=O) groups is 1. The molecule has 1 aromatic rings. The molecule has 1 saturated heterocycles. The summed E-state index contributed by atoms with van der Waals surface area (Å²) >= 11 is 1.90. The summed E-state index contributed by atoms with van der Waals surface area (Å²) in [5, 5.41) is 6.36. The van der Waals surface area contributed by atoms with Crippen LogP contribution in [0.5, 0.6) is 11.5 Å². The number of rotatable bonds is 9. The number of methoxy groups -OCH3 is 1. The normalized spacial score (nSPS) is 17.4. The zero-order chi connectivity index (χ0) is 18.1. The van der Waals surface area contributed by atoms with Gasteiger partial charge in [-0.3, -0.25) is 4.79 Å². The van der Waals surface area contributed by atoms with Crippen molar-refractivity contribution in [3.63, 3.8) is 0 Å². The molecule has 2 rings (SSSR count). The highest BCUT2D eigenvalue weighted by atomic mass is 32.2. The van der Waals surface area contributed by atoms with Gasteiger partial charge in [-0.25, -0.2) is 0 Å². The van der Waals surface area contributed by atoms with Gasteiger partial charge in [0.1, 0.15) is 6.61 Å². The third kappa shape index (κ3) is 7.13. The molecule has 0 spiro atoms. The van der Waals surface area contributed by atoms with Crippen LogP contribution < -0.4 is 20.1 Å². The van der Waals surface area contributed by atoms with E-state index in [4.69, 9.17) is 9.47 Å². The Morgan fingerprint density at radius 1 is 1.40 bits per heavy atom. The largest absolute Gasteiger partial charge is 0.493 e. The lowest BCUT2D eigenvalue weighted by atomic mass is 10.2. The standard InChI is InChI=1S/C18H29N3O3S/c1-21(2)7-8-24-16-5-4-14(10-17(16)23-3)12-20-18(22)11-15-13-25-9-6-19-15/h4-5,10,15,19H,6-9,11-13H2,1-3H3,(H,20,22). The first-order chi connectivity index (χ1) is 12.1. The zero-order valence-corrected chi connectivity index (χ0v) is 16.2. The van der Waals surface area contributed by atoms with E-state index in [2.05, 4.69) is 15.5 Å². The molecule has 7 heteroatoms. The number of carbonyl (C=O) groups excluding carboxylic acids is 1. The maximum Gasteiger partial charge on any atom is 0.221 e. The molecule has 1 fully saturated rings. The lowest BCUT2D eigenvalue weighted by molar-refractivity contribution is -0.121. The fourth-order valence-electron chi connectivity index (χ4n) is 2.53. The molecule has 25 heavy (non-hydrogen) atoms. The Morgan fingerprint density at radius 3 is 2.92 bits per heavy atom. The van der Waals surface area contributed by atoms with Crippen LogP contribution in [0.3, 0.4) is 0 Å². The number of amides is 1. The van der Waals surface area contributed by atoms with Crippen LogP contribution in [-0.4, -0.2) is 69.3 Å². The van der Waals surface area contributed by atoms with E-state index >= 15 is 0 Å². The van der Waals surface area contributed by atoms with Crippen LogP contribution in [0, 0.1) is 0 Å². The SMILES string of the molecule is COc1cc(CNC(=O)CC2CSCCN2)ccc1OCCN(C)C. The molecular weight excluding hydrogens is 338 g/mol. The van der Waals surface area contributed by atoms with E-state index in [9.17, 15) is 4.79 Å². The van der Waals surface area contributed by atoms with Gasteiger partial charge in [0.2, 0.25) is 5.91 Å². The quantitative estimate of drug-likeness (QED) is 0.687. The summed E-state index contributed by atoms with van der Waals surface area (Å²) in [5.41, 5.74) is 0.996. The molecular formula is C18H29N3O3S. The highest BCUT2D eigenvalue weighted by Gasteiger charge is 2.16. The molecule has 0 aliphatic carbocycles. The number of nitrogens with one attached hydrogen (secondary N) is 2. The summed E-state index contributed by atoms with van der Waals surface area (Å²) in [5.74, 6) is 3.62. The number of benzene rings is 1. The molecule has 1 heterocycles. The molecule has 1 aliphatic rings. The smallest absolute Gasteiger partial charge is 0.221 e. The minimum Gasteiger partial charge on any atom is -0.493 e. The van der Waals surface area contributed by atoms with Gasteiger partial charge in [-0.15, -0.1) is 0 Å². The fourth-order valence-corrected chi connectivity index (χ4v) is 3.48. The first-order valence-electron chi connectivity index (χ1n) is 8.60. The molecule has 1 unspecified atom stereocenters. The number of likely N-dealkylation sites (N-methyl/N-ethyl adjacent to an activating group) is 1. The highest BCUT2D eigenvalue weighted by molar-refractivity contribution is 7.99. The van der Waals surface area contributed by atoms with E-state index in [1.807, 2.05) is 44.1 Å². The molecule has 2 N–H and O–H groups in total. The monoisotopic (exact) mass is 367 g/mol. The number of nitrogens with zero attached hydrogens (tertiary/aromatic N) is 1. The lowest BCUT2D eigenvalue weighted by Gasteiger charge is -2.22. The van der Waals surface area contributed by atoms with E-state index in [1.165, 1.54) is 0 Å². The minimum atomic E-state index is 0.0743. The molecule has 1 amide bonds. The van der Waals surface area contributed by atoms with Gasteiger partial charge in [-0.1, -0.05) is 6.07 Å². The Bertz CT molecular complexity index is 548. The van der Waals surface area contributed by atoms with Gasteiger partial charge < -0.3 is 25.0 Å². The molecule has 1 aromatic carbocycles. The minimum absolute atomic E-state index is 0.0743. The third-order valence-corrected chi connectivity index (χ3v) is 5.07. The van der Waals surface area contributed by atoms with Crippen molar-refractivity contribution in [1.29, 1.82) is 0 Å². The van der Waals surface area contributed by atoms with Gasteiger partial charge >= 0.3 is 0 Å². The van der Waals surface area contributed by atoms with Crippen molar-refractivity contribution in [2.24, 2.45) is 0 Å². The molecule has 1 atom stereocenters. The molecule has 6 nitrogen and oxygen atoms in total. The van der Waals surface area contributed by atoms with Crippen LogP contribution in [0.1, 0.15) is 12.0 Å². The fraction of sp³-hybridized carbons (Fsp3) is 0.611. The Kier molecular flexibility index (Phi) is 8.37. The van der Waals surface area contributed by atoms with E-state index in [0.717, 1.165) is 35.9 Å². The summed E-state index contributed by atoms with van der Waals surface area (Å²) in [6, 6.07) is 6.05. The summed E-state index contributed by atoms with van der Waals surface area (Å²) < 4.78 is 11.2. The average molecular weight is 368 g/mol. The lowest BCUT2D eigenvalue weighted by Crippen LogP contribution is -2.41. The maximum absolute atomic E-state index is 12.1. The molecule has 140 valence electrons. The van der Waals surface area contributed by atoms with Crippen LogP contribution in [0.25, 0.3) is 0 Å². The van der Waals surface area contributed by atoms with E-state index in [0.29, 0.717) is 25.3 Å². The van der Waals surface area contributed by atoms with Crippen LogP contribution in [0.4, 0.5) is 0 Å². The van der Waals surface area contributed by atoms with Crippen LogP contribution in [-0.2, 0) is 11.3 Å². The molecule has 1 aliphatic heterocycles. The van der Waals surface area contributed by atoms with Crippen molar-refractivity contribution < 1.29 is 14.3 Å². The number of ether oxygens (including phenoxy) is 2. The van der Waals surface area contributed by atoms with Crippen LogP contribution in [0.15, 0.2) is 18.2 Å². The Morgan fingerprint density at radius 2 is 2.24 bits per heavy atom. The van der Waals surface area contributed by atoms with Crippen molar-refractivity contribution >= 4 is 17.7 Å². The van der Waals surface area contributed by atoms with E-state index in [-0.39, 0.29) is 11.9 Å². The van der Waals surface area contributed by atoms with Crippen molar-refractivity contribution in [2.45, 2.75) is 19.0 Å². The zero-order valence-electron chi connectivity index (χ0n) is 15.3. The van der Waals surface area contributed by atoms with Crippen molar-refractivity contribution in [3.05, 3.63) is 23.8 Å². The Labute approximate surface area is 154 Å². The summed E-state index contributed by atoms with van der Waals surface area (Å²) in [6.45, 7) is 2.92. The van der Waals surface area contributed by atoms with Gasteiger partial charge in [-0.2, -0.15) is 11.8 Å². The predicted octanol–water partition coefficient (Wildman–Crippen LogP) is 1.35. The van der Waals surface area contributed by atoms with E-state index in [1.54, 1.807) is 7.11 Å². The van der Waals surface area contributed by atoms with Gasteiger partial charge in [0.25, 0.3) is 0 Å². The molecule has 0 saturated carbocycles. The molecule has 0 aromatic heterocycles. The number of hydrogen-bond donors (Lipinski definition) is 2. The van der Waals surface area contributed by atoms with Gasteiger partial charge in [0.05, 0.1) is 7.11 Å². The third-order valence-electron chi connectivity index (χ3n) is 3.94. The summed E-state index contributed by atoms with van der Waals surface area (Å²) in [4.78, 5) is 14.2. The Hall–Kier alpha value is -1.44. The average Bonchev–Trinajstić information content (AvgIpc) is 2.61. The van der Waals surface area contributed by atoms with Gasteiger partial charge in [0.15, 0.2) is 11.5 Å². The Balaban J connectivity index is 1.81. The van der Waals surface area contributed by atoms with Crippen molar-refractivity contribution in [1.82, 2.24) is 15.5 Å². The topological polar surface area (TPSA) is 62.8 Å². The predicted molar refractivity (Wildman–Crippen MR) is 103 cm³/mol. The highest BCUT2D eigenvalue weighted by Crippen LogP contribution is 2.28. The van der Waals surface area contributed by atoms with Crippen molar-refractivity contribution in [2.75, 3.05) is 52.4 Å². The van der Waals surface area contributed by atoms with Crippen molar-refractivity contribution in [3.8, 4) is 11.5 Å². The second-order valence-corrected chi connectivity index (χ2v) is 7.49. The molecule has 0 bridgehead atoms. The molecule has 0 radical (unpaired) electrons. The van der Waals surface area contributed by atoms with Gasteiger partial charge in [0, 0.05) is 43.6 Å². The van der Waals surface area contributed by atoms with E-state index < -0.39 is 0 Å². The van der Waals surface area contributed by atoms with Crippen LogP contribution in [0.2, 0.25) is 0 Å². The number of thioether (sulfide) groups is 1. The summed E-state index contributed by atoms with van der Waals surface area (Å²) in [6.07, 6.45) is 0.524. The summed E-state index contributed by atoms with van der Waals surface area (Å²) in [7, 11) is 5.64. The second kappa shape index (κ2) is 10.5. The van der Waals surface area contributed by atoms with Crippen LogP contribution >= 0.6 is 11.8 Å². The first-order valence-corrected chi connectivity index (χ1v) is 9.76. The maximum atomic E-state index is 12.1. The first kappa shape index (κ1) is 19.9. The number of hydrogen-bond acceptors (Lipinski definition) is 6. The second-order valence-electron chi connectivity index (χ2n) is 6.34. The van der Waals surface area contributed by atoms with Gasteiger partial charge in [-0.05, 0) is 31.8 Å².